The van der Waals surface area contributed by atoms with Crippen molar-refractivity contribution in [3.05, 3.63) is 99.2 Å². The number of halogens is 2. The molecule has 2 fully saturated rings. The summed E-state index contributed by atoms with van der Waals surface area (Å²) in [5, 5.41) is 5.53. The molecule has 0 N–H and O–H groups in total. The number of aromatic nitrogens is 1. The Morgan fingerprint density at radius 1 is 0.775 bits per heavy atom. The fourth-order valence-corrected chi connectivity index (χ4v) is 6.11. The van der Waals surface area contributed by atoms with Crippen LogP contribution in [-0.4, -0.2) is 18.4 Å². The van der Waals surface area contributed by atoms with Gasteiger partial charge >= 0.3 is 0 Å². The minimum Gasteiger partial charge on any atom is -0.497 e. The van der Waals surface area contributed by atoms with Crippen LogP contribution in [0.2, 0.25) is 10.0 Å². The summed E-state index contributed by atoms with van der Waals surface area (Å²) in [6, 6.07) is 22.0. The third-order valence-corrected chi connectivity index (χ3v) is 8.65. The van der Waals surface area contributed by atoms with Crippen molar-refractivity contribution in [2.75, 3.05) is 7.11 Å². The number of benzene rings is 3. The van der Waals surface area contributed by atoms with Gasteiger partial charge in [0.15, 0.2) is 0 Å². The number of hydrogen-bond donors (Lipinski definition) is 0. The highest BCUT2D eigenvalue weighted by Gasteiger charge is 2.34. The Morgan fingerprint density at radius 3 is 2.08 bits per heavy atom. The van der Waals surface area contributed by atoms with E-state index in [1.165, 1.54) is 5.56 Å². The summed E-state index contributed by atoms with van der Waals surface area (Å²) in [5.74, 6) is 3.60. The van der Waals surface area contributed by atoms with Gasteiger partial charge in [0.05, 0.1) is 29.9 Å². The van der Waals surface area contributed by atoms with Crippen molar-refractivity contribution < 1.29 is 18.7 Å². The minimum absolute atomic E-state index is 0.208. The third kappa shape index (κ3) is 6.17. The Morgan fingerprint density at radius 2 is 1.43 bits per heavy atom. The van der Waals surface area contributed by atoms with Gasteiger partial charge in [0.2, 0.25) is 0 Å². The van der Waals surface area contributed by atoms with Gasteiger partial charge in [0.1, 0.15) is 29.6 Å². The van der Waals surface area contributed by atoms with Gasteiger partial charge in [-0.25, -0.2) is 0 Å². The SMILES string of the molecule is COc1ccc(COc2ccc([C@H]3CC[C@H](OCc4c(-c5c(Cl)cccc5Cl)noc4C4CC4)CC3)cc2)cc1. The maximum Gasteiger partial charge on any atom is 0.145 e. The average molecular weight is 579 g/mol. The predicted octanol–water partition coefficient (Wildman–Crippen LogP) is 9.36. The number of methoxy groups -OCH3 is 1. The molecule has 7 heteroatoms. The van der Waals surface area contributed by atoms with Gasteiger partial charge in [-0.1, -0.05) is 58.7 Å². The first kappa shape index (κ1) is 27.2. The minimum atomic E-state index is 0.208. The van der Waals surface area contributed by atoms with E-state index in [1.807, 2.05) is 42.5 Å². The van der Waals surface area contributed by atoms with Gasteiger partial charge in [-0.2, -0.15) is 0 Å². The molecule has 0 saturated heterocycles. The van der Waals surface area contributed by atoms with Crippen LogP contribution in [0.25, 0.3) is 11.3 Å². The first-order valence-corrected chi connectivity index (χ1v) is 14.7. The predicted molar refractivity (Wildman–Crippen MR) is 157 cm³/mol. The fourth-order valence-electron chi connectivity index (χ4n) is 5.54. The van der Waals surface area contributed by atoms with E-state index in [0.29, 0.717) is 40.8 Å². The Labute approximate surface area is 245 Å². The van der Waals surface area contributed by atoms with Crippen LogP contribution in [0.3, 0.4) is 0 Å². The molecule has 0 unspecified atom stereocenters. The topological polar surface area (TPSA) is 53.7 Å². The normalized spacial score (nSPS) is 19.0. The average Bonchev–Trinajstić information content (AvgIpc) is 3.75. The van der Waals surface area contributed by atoms with E-state index in [0.717, 1.165) is 72.5 Å². The van der Waals surface area contributed by atoms with E-state index in [9.17, 15) is 0 Å². The van der Waals surface area contributed by atoms with Gasteiger partial charge in [0.25, 0.3) is 0 Å². The molecule has 0 bridgehead atoms. The molecule has 208 valence electrons. The Kier molecular flexibility index (Phi) is 8.33. The summed E-state index contributed by atoms with van der Waals surface area (Å²) in [4.78, 5) is 0. The van der Waals surface area contributed by atoms with E-state index < -0.39 is 0 Å². The highest BCUT2D eigenvalue weighted by atomic mass is 35.5. The molecule has 3 aromatic carbocycles. The first-order chi connectivity index (χ1) is 19.6. The molecule has 5 nitrogen and oxygen atoms in total. The Balaban J connectivity index is 1.03. The van der Waals surface area contributed by atoms with Crippen molar-refractivity contribution in [3.8, 4) is 22.8 Å². The molecule has 40 heavy (non-hydrogen) atoms. The van der Waals surface area contributed by atoms with Crippen molar-refractivity contribution in [1.29, 1.82) is 0 Å². The summed E-state index contributed by atoms with van der Waals surface area (Å²) in [6.07, 6.45) is 6.68. The van der Waals surface area contributed by atoms with Crippen molar-refractivity contribution in [2.45, 2.75) is 69.7 Å². The van der Waals surface area contributed by atoms with Crippen LogP contribution in [0.15, 0.2) is 71.3 Å². The lowest BCUT2D eigenvalue weighted by Gasteiger charge is -2.29. The van der Waals surface area contributed by atoms with Crippen LogP contribution < -0.4 is 9.47 Å². The van der Waals surface area contributed by atoms with E-state index >= 15 is 0 Å². The molecule has 2 aliphatic carbocycles. The van der Waals surface area contributed by atoms with Crippen molar-refractivity contribution in [3.63, 3.8) is 0 Å². The summed E-state index contributed by atoms with van der Waals surface area (Å²) >= 11 is 13.0. The maximum absolute atomic E-state index is 6.51. The van der Waals surface area contributed by atoms with E-state index in [1.54, 1.807) is 7.11 Å². The second-order valence-electron chi connectivity index (χ2n) is 10.7. The monoisotopic (exact) mass is 577 g/mol. The van der Waals surface area contributed by atoms with Crippen molar-refractivity contribution in [2.24, 2.45) is 0 Å². The van der Waals surface area contributed by atoms with Gasteiger partial charge < -0.3 is 18.7 Å². The smallest absolute Gasteiger partial charge is 0.145 e. The van der Waals surface area contributed by atoms with Crippen LogP contribution in [0.5, 0.6) is 11.5 Å². The summed E-state index contributed by atoms with van der Waals surface area (Å²) in [5.41, 5.74) is 4.90. The molecule has 6 rings (SSSR count). The van der Waals surface area contributed by atoms with Gasteiger partial charge in [-0.15, -0.1) is 0 Å². The lowest BCUT2D eigenvalue weighted by Crippen LogP contribution is -2.21. The molecular formula is C33H33Cl2NO4. The molecule has 2 saturated carbocycles. The van der Waals surface area contributed by atoms with Gasteiger partial charge in [-0.05, 0) is 92.0 Å². The van der Waals surface area contributed by atoms with Gasteiger partial charge in [-0.3, -0.25) is 0 Å². The quantitative estimate of drug-likeness (QED) is 0.188. The Hall–Kier alpha value is -2.99. The second kappa shape index (κ2) is 12.3. The highest BCUT2D eigenvalue weighted by Crippen LogP contribution is 2.46. The number of nitrogens with zero attached hydrogens (tertiary/aromatic N) is 1. The maximum atomic E-state index is 6.51. The zero-order chi connectivity index (χ0) is 27.5. The molecular weight excluding hydrogens is 545 g/mol. The molecule has 1 aromatic heterocycles. The standard InChI is InChI=1S/C33H33Cl2NO4/c1-37-25-13-5-21(6-14-25)19-38-26-15-9-22(10-16-26)23-11-17-27(18-12-23)39-20-28-32(36-40-33(28)24-7-8-24)31-29(34)3-2-4-30(31)35/h2-6,9-10,13-16,23-24,27H,7-8,11-12,17-20H2,1H3/t23-,27-. The lowest BCUT2D eigenvalue weighted by molar-refractivity contribution is 0.0129. The third-order valence-electron chi connectivity index (χ3n) is 8.02. The summed E-state index contributed by atoms with van der Waals surface area (Å²) in [7, 11) is 1.67. The molecule has 0 amide bonds. The fraction of sp³-hybridized carbons (Fsp3) is 0.364. The van der Waals surface area contributed by atoms with Crippen molar-refractivity contribution >= 4 is 23.2 Å². The van der Waals surface area contributed by atoms with E-state index in [-0.39, 0.29) is 6.10 Å². The number of ether oxygens (including phenoxy) is 3. The largest absolute Gasteiger partial charge is 0.497 e. The molecule has 0 radical (unpaired) electrons. The van der Waals surface area contributed by atoms with Crippen LogP contribution in [-0.2, 0) is 18.0 Å². The van der Waals surface area contributed by atoms with Crippen LogP contribution in [0.1, 0.15) is 72.8 Å². The molecule has 2 aliphatic rings. The zero-order valence-electron chi connectivity index (χ0n) is 22.6. The number of hydrogen-bond acceptors (Lipinski definition) is 5. The first-order valence-electron chi connectivity index (χ1n) is 14.0. The number of rotatable bonds is 10. The van der Waals surface area contributed by atoms with Crippen LogP contribution in [0.4, 0.5) is 0 Å². The Bertz CT molecular complexity index is 1400. The van der Waals surface area contributed by atoms with E-state index in [4.69, 9.17) is 41.9 Å². The highest BCUT2D eigenvalue weighted by molar-refractivity contribution is 6.39. The molecule has 0 spiro atoms. The summed E-state index contributed by atoms with van der Waals surface area (Å²) in [6.45, 7) is 0.993. The van der Waals surface area contributed by atoms with E-state index in [2.05, 4.69) is 29.4 Å². The van der Waals surface area contributed by atoms with Crippen LogP contribution in [0, 0.1) is 0 Å². The molecule has 0 atom stereocenters. The molecule has 0 aliphatic heterocycles. The molecule has 1 heterocycles. The molecule has 4 aromatic rings. The zero-order valence-corrected chi connectivity index (χ0v) is 24.1. The van der Waals surface area contributed by atoms with Crippen LogP contribution >= 0.6 is 23.2 Å². The second-order valence-corrected chi connectivity index (χ2v) is 11.5. The van der Waals surface area contributed by atoms with Gasteiger partial charge in [0, 0.05) is 17.0 Å². The summed E-state index contributed by atoms with van der Waals surface area (Å²) < 4.78 is 23.5. The van der Waals surface area contributed by atoms with Crippen molar-refractivity contribution in [1.82, 2.24) is 5.16 Å². The lowest BCUT2D eigenvalue weighted by atomic mass is 9.82.